The molecule has 0 spiro atoms. The van der Waals surface area contributed by atoms with Crippen LogP contribution in [0.15, 0.2) is 23.0 Å². The average Bonchev–Trinajstić information content (AvgIpc) is 2.53. The van der Waals surface area contributed by atoms with Gasteiger partial charge in [0.05, 0.1) is 0 Å². The highest BCUT2D eigenvalue weighted by Crippen LogP contribution is 2.18. The van der Waals surface area contributed by atoms with Gasteiger partial charge in [-0.25, -0.2) is 0 Å². The summed E-state index contributed by atoms with van der Waals surface area (Å²) < 4.78 is 1.75. The van der Waals surface area contributed by atoms with Gasteiger partial charge in [-0.1, -0.05) is 12.5 Å². The van der Waals surface area contributed by atoms with Crippen LogP contribution in [-0.2, 0) is 11.3 Å². The minimum absolute atomic E-state index is 0.0247. The molecule has 0 unspecified atom stereocenters. The second-order valence-electron chi connectivity index (χ2n) is 6.53. The Balaban J connectivity index is 1.64. The van der Waals surface area contributed by atoms with Gasteiger partial charge in [-0.05, 0) is 52.3 Å². The number of amides is 1. The first-order valence-corrected chi connectivity index (χ1v) is 8.71. The lowest BCUT2D eigenvalue weighted by Gasteiger charge is -2.32. The van der Waals surface area contributed by atoms with Crippen molar-refractivity contribution >= 4 is 5.91 Å². The molecule has 1 aliphatic rings. The number of aromatic nitrogens is 1. The van der Waals surface area contributed by atoms with Crippen molar-refractivity contribution in [1.82, 2.24) is 14.8 Å². The Kier molecular flexibility index (Phi) is 6.84. The van der Waals surface area contributed by atoms with Crippen molar-refractivity contribution in [2.45, 2.75) is 58.0 Å². The lowest BCUT2D eigenvalue weighted by Crippen LogP contribution is -2.37. The average molecular weight is 319 g/mol. The number of pyridine rings is 1. The molecule has 1 fully saturated rings. The van der Waals surface area contributed by atoms with Crippen molar-refractivity contribution in [3.05, 3.63) is 34.2 Å². The van der Waals surface area contributed by atoms with Gasteiger partial charge in [-0.15, -0.1) is 0 Å². The van der Waals surface area contributed by atoms with Crippen LogP contribution < -0.4 is 10.9 Å². The first-order valence-electron chi connectivity index (χ1n) is 8.71. The summed E-state index contributed by atoms with van der Waals surface area (Å²) >= 11 is 0. The molecule has 1 N–H and O–H groups in total. The van der Waals surface area contributed by atoms with Crippen molar-refractivity contribution in [1.29, 1.82) is 0 Å². The van der Waals surface area contributed by atoms with Crippen LogP contribution >= 0.6 is 0 Å². The second-order valence-corrected chi connectivity index (χ2v) is 6.53. The minimum Gasteiger partial charge on any atom is -0.356 e. The topological polar surface area (TPSA) is 54.3 Å². The van der Waals surface area contributed by atoms with Gasteiger partial charge in [0.25, 0.3) is 5.56 Å². The van der Waals surface area contributed by atoms with E-state index in [2.05, 4.69) is 17.3 Å². The summed E-state index contributed by atoms with van der Waals surface area (Å²) in [7, 11) is 2.15. The molecule has 5 nitrogen and oxygen atoms in total. The molecule has 1 aliphatic heterocycles. The van der Waals surface area contributed by atoms with E-state index in [1.807, 2.05) is 13.0 Å². The summed E-state index contributed by atoms with van der Waals surface area (Å²) in [6.45, 7) is 4.36. The number of piperidine rings is 1. The first kappa shape index (κ1) is 17.7. The third kappa shape index (κ3) is 5.50. The Bertz CT molecular complexity index is 568. The Morgan fingerprint density at radius 3 is 2.91 bits per heavy atom. The normalized spacial score (nSPS) is 18.8. The molecule has 5 heteroatoms. The molecule has 1 atom stereocenters. The van der Waals surface area contributed by atoms with E-state index < -0.39 is 0 Å². The zero-order valence-corrected chi connectivity index (χ0v) is 14.4. The molecule has 0 bridgehead atoms. The number of rotatable bonds is 7. The fraction of sp³-hybridized carbons (Fsp3) is 0.667. The quantitative estimate of drug-likeness (QED) is 0.781. The lowest BCUT2D eigenvalue weighted by atomic mass is 9.98. The summed E-state index contributed by atoms with van der Waals surface area (Å²) in [5.74, 6) is 0.126. The highest BCUT2D eigenvalue weighted by atomic mass is 16.1. The molecule has 2 heterocycles. The Morgan fingerprint density at radius 1 is 1.35 bits per heavy atom. The van der Waals surface area contributed by atoms with Crippen LogP contribution in [0.1, 0.15) is 44.2 Å². The van der Waals surface area contributed by atoms with Crippen molar-refractivity contribution in [2.75, 3.05) is 20.1 Å². The van der Waals surface area contributed by atoms with Crippen LogP contribution in [0.5, 0.6) is 0 Å². The molecule has 0 saturated carbocycles. The van der Waals surface area contributed by atoms with Crippen molar-refractivity contribution in [3.63, 3.8) is 0 Å². The van der Waals surface area contributed by atoms with Crippen LogP contribution in [-0.4, -0.2) is 41.6 Å². The summed E-state index contributed by atoms with van der Waals surface area (Å²) in [4.78, 5) is 26.1. The maximum absolute atomic E-state index is 11.9. The summed E-state index contributed by atoms with van der Waals surface area (Å²) in [5.41, 5.74) is 0.987. The van der Waals surface area contributed by atoms with Crippen molar-refractivity contribution < 1.29 is 4.79 Å². The molecule has 0 aliphatic carbocycles. The van der Waals surface area contributed by atoms with E-state index in [-0.39, 0.29) is 11.5 Å². The standard InChI is InChI=1S/C18H29N3O2/c1-15-7-5-9-18(23)21(15)14-6-12-19-17(22)11-10-16-8-3-4-13-20(16)2/h5,7,9,16H,3-4,6,8,10-14H2,1-2H3,(H,19,22)/t16-/m1/s1. The maximum Gasteiger partial charge on any atom is 0.250 e. The van der Waals surface area contributed by atoms with E-state index in [1.165, 1.54) is 19.3 Å². The van der Waals surface area contributed by atoms with Gasteiger partial charge in [0.1, 0.15) is 0 Å². The molecular formula is C18H29N3O2. The molecule has 1 aromatic rings. The van der Waals surface area contributed by atoms with Gasteiger partial charge >= 0.3 is 0 Å². The predicted octanol–water partition coefficient (Wildman–Crippen LogP) is 1.93. The molecular weight excluding hydrogens is 290 g/mol. The fourth-order valence-electron chi connectivity index (χ4n) is 3.27. The molecule has 23 heavy (non-hydrogen) atoms. The van der Waals surface area contributed by atoms with E-state index in [1.54, 1.807) is 16.7 Å². The SMILES string of the molecule is Cc1cccc(=O)n1CCCNC(=O)CC[C@H]1CCCCN1C. The lowest BCUT2D eigenvalue weighted by molar-refractivity contribution is -0.121. The molecule has 1 amide bonds. The smallest absolute Gasteiger partial charge is 0.250 e. The van der Waals surface area contributed by atoms with Gasteiger partial charge in [-0.3, -0.25) is 9.59 Å². The molecule has 1 aromatic heterocycles. The minimum atomic E-state index is 0.0247. The number of carbonyl (C=O) groups excluding carboxylic acids is 1. The summed E-state index contributed by atoms with van der Waals surface area (Å²) in [6.07, 6.45) is 6.08. The number of hydrogen-bond acceptors (Lipinski definition) is 3. The van der Waals surface area contributed by atoms with Crippen LogP contribution in [0.3, 0.4) is 0 Å². The van der Waals surface area contributed by atoms with Gasteiger partial charge in [0, 0.05) is 37.3 Å². The number of hydrogen-bond donors (Lipinski definition) is 1. The van der Waals surface area contributed by atoms with E-state index in [0.717, 1.165) is 25.1 Å². The van der Waals surface area contributed by atoms with Gasteiger partial charge in [-0.2, -0.15) is 0 Å². The Labute approximate surface area is 138 Å². The maximum atomic E-state index is 11.9. The highest BCUT2D eigenvalue weighted by Gasteiger charge is 2.19. The molecule has 0 aromatic carbocycles. The summed E-state index contributed by atoms with van der Waals surface area (Å²) in [5, 5.41) is 2.97. The number of nitrogens with zero attached hydrogens (tertiary/aromatic N) is 2. The highest BCUT2D eigenvalue weighted by molar-refractivity contribution is 5.75. The van der Waals surface area contributed by atoms with Crippen LogP contribution in [0.25, 0.3) is 0 Å². The third-order valence-corrected chi connectivity index (χ3v) is 4.77. The van der Waals surface area contributed by atoms with E-state index >= 15 is 0 Å². The van der Waals surface area contributed by atoms with E-state index in [4.69, 9.17) is 0 Å². The predicted molar refractivity (Wildman–Crippen MR) is 92.6 cm³/mol. The fourth-order valence-corrected chi connectivity index (χ4v) is 3.27. The van der Waals surface area contributed by atoms with Gasteiger partial charge in [0.15, 0.2) is 0 Å². The Hall–Kier alpha value is -1.62. The van der Waals surface area contributed by atoms with Crippen molar-refractivity contribution in [3.8, 4) is 0 Å². The molecule has 2 rings (SSSR count). The van der Waals surface area contributed by atoms with E-state index in [0.29, 0.717) is 25.6 Å². The zero-order chi connectivity index (χ0) is 16.7. The summed E-state index contributed by atoms with van der Waals surface area (Å²) in [6, 6.07) is 5.84. The van der Waals surface area contributed by atoms with E-state index in [9.17, 15) is 9.59 Å². The van der Waals surface area contributed by atoms with Gasteiger partial charge < -0.3 is 14.8 Å². The van der Waals surface area contributed by atoms with Crippen molar-refractivity contribution in [2.24, 2.45) is 0 Å². The number of aryl methyl sites for hydroxylation is 1. The number of carbonyl (C=O) groups is 1. The number of likely N-dealkylation sites (tertiary alicyclic amines) is 1. The first-order chi connectivity index (χ1) is 11.1. The molecule has 1 saturated heterocycles. The molecule has 128 valence electrons. The monoisotopic (exact) mass is 319 g/mol. The largest absolute Gasteiger partial charge is 0.356 e. The van der Waals surface area contributed by atoms with Crippen LogP contribution in [0.2, 0.25) is 0 Å². The second kappa shape index (κ2) is 8.87. The van der Waals surface area contributed by atoms with Gasteiger partial charge in [0.2, 0.25) is 5.91 Å². The van der Waals surface area contributed by atoms with Crippen LogP contribution in [0.4, 0.5) is 0 Å². The van der Waals surface area contributed by atoms with Crippen LogP contribution in [0, 0.1) is 6.92 Å². The molecule has 0 radical (unpaired) electrons. The zero-order valence-electron chi connectivity index (χ0n) is 14.4. The Morgan fingerprint density at radius 2 is 2.17 bits per heavy atom. The number of nitrogens with one attached hydrogen (secondary N) is 1. The third-order valence-electron chi connectivity index (χ3n) is 4.77.